The van der Waals surface area contributed by atoms with Crippen LogP contribution in [0.2, 0.25) is 0 Å². The van der Waals surface area contributed by atoms with Gasteiger partial charge in [0.05, 0.1) is 5.56 Å². The van der Waals surface area contributed by atoms with Gasteiger partial charge in [0.15, 0.2) is 0 Å². The normalized spacial score (nSPS) is 39.3. The van der Waals surface area contributed by atoms with E-state index in [1.807, 2.05) is 42.5 Å². The van der Waals surface area contributed by atoms with E-state index in [0.29, 0.717) is 17.4 Å². The van der Waals surface area contributed by atoms with Crippen LogP contribution in [0.15, 0.2) is 66.7 Å². The van der Waals surface area contributed by atoms with Crippen molar-refractivity contribution in [1.29, 1.82) is 0 Å². The first-order valence-corrected chi connectivity index (χ1v) is 10.8. The van der Waals surface area contributed by atoms with Crippen LogP contribution in [-0.2, 0) is 4.74 Å². The molecule has 4 bridgehead atoms. The summed E-state index contributed by atoms with van der Waals surface area (Å²) >= 11 is 0. The van der Waals surface area contributed by atoms with Crippen molar-refractivity contribution >= 4 is 5.97 Å². The van der Waals surface area contributed by atoms with Gasteiger partial charge in [0.2, 0.25) is 0 Å². The molecule has 28 heavy (non-hydrogen) atoms. The number of carbonyl (C=O) groups excluding carboxylic acids is 1. The third kappa shape index (κ3) is 2.30. The summed E-state index contributed by atoms with van der Waals surface area (Å²) in [4.78, 5) is 12.9. The minimum Gasteiger partial charge on any atom is -0.458 e. The maximum Gasteiger partial charge on any atom is 0.338 e. The van der Waals surface area contributed by atoms with E-state index in [1.165, 1.54) is 18.4 Å². The number of carbonyl (C=O) groups is 1. The summed E-state index contributed by atoms with van der Waals surface area (Å²) in [5, 5.41) is 0. The molecule has 8 unspecified atom stereocenters. The number of hydrogen-bond donors (Lipinski definition) is 0. The largest absolute Gasteiger partial charge is 0.458 e. The van der Waals surface area contributed by atoms with Gasteiger partial charge in [-0.2, -0.15) is 0 Å². The Kier molecular flexibility index (Phi) is 3.60. The Morgan fingerprint density at radius 2 is 1.46 bits per heavy atom. The first-order chi connectivity index (χ1) is 13.7. The van der Waals surface area contributed by atoms with Gasteiger partial charge in [-0.1, -0.05) is 61.5 Å². The molecule has 0 heterocycles. The molecular formula is C26H26O2. The van der Waals surface area contributed by atoms with Gasteiger partial charge < -0.3 is 4.74 Å². The lowest BCUT2D eigenvalue weighted by Crippen LogP contribution is -2.41. The highest BCUT2D eigenvalue weighted by molar-refractivity contribution is 5.90. The molecule has 4 aliphatic rings. The quantitative estimate of drug-likeness (QED) is 0.399. The molecular weight excluding hydrogens is 344 g/mol. The van der Waals surface area contributed by atoms with Gasteiger partial charge >= 0.3 is 5.97 Å². The monoisotopic (exact) mass is 370 g/mol. The van der Waals surface area contributed by atoms with Crippen molar-refractivity contribution in [3.63, 3.8) is 0 Å². The van der Waals surface area contributed by atoms with Gasteiger partial charge in [-0.25, -0.2) is 4.79 Å². The fraction of sp³-hybridized carbons (Fsp3) is 0.423. The van der Waals surface area contributed by atoms with E-state index in [1.54, 1.807) is 0 Å². The van der Waals surface area contributed by atoms with Crippen molar-refractivity contribution in [2.75, 3.05) is 0 Å². The van der Waals surface area contributed by atoms with Crippen LogP contribution in [0.3, 0.4) is 0 Å². The van der Waals surface area contributed by atoms with Crippen LogP contribution < -0.4 is 0 Å². The lowest BCUT2D eigenvalue weighted by atomic mass is 9.68. The van der Waals surface area contributed by atoms with Gasteiger partial charge in [-0.05, 0) is 71.6 Å². The van der Waals surface area contributed by atoms with E-state index < -0.39 is 0 Å². The molecule has 0 N–H and O–H groups in total. The first kappa shape index (κ1) is 16.6. The topological polar surface area (TPSA) is 26.3 Å². The minimum absolute atomic E-state index is 0.0975. The summed E-state index contributed by atoms with van der Waals surface area (Å²) in [6.07, 6.45) is 7.61. The van der Waals surface area contributed by atoms with Crippen molar-refractivity contribution in [2.24, 2.45) is 41.4 Å². The summed E-state index contributed by atoms with van der Waals surface area (Å²) < 4.78 is 6.14. The maximum absolute atomic E-state index is 12.9. The Morgan fingerprint density at radius 1 is 0.821 bits per heavy atom. The predicted octanol–water partition coefficient (Wildman–Crippen LogP) is 5.60. The third-order valence-corrected chi connectivity index (χ3v) is 8.20. The molecule has 2 aromatic rings. The van der Waals surface area contributed by atoms with Crippen molar-refractivity contribution in [3.05, 3.63) is 72.3 Å². The standard InChI is InChI=1S/C26H26O2/c1-15-21-14-22(24-20-12-11-19(13-20)23(21)24)25(15)28-26(27)18-9-7-17(8-10-18)16-5-3-2-4-6-16/h2-12,15,19-25H,13-14H2,1H3. The highest BCUT2D eigenvalue weighted by atomic mass is 16.5. The fourth-order valence-electron chi connectivity index (χ4n) is 7.10. The zero-order valence-electron chi connectivity index (χ0n) is 16.2. The van der Waals surface area contributed by atoms with E-state index in [9.17, 15) is 4.79 Å². The Bertz CT molecular complexity index is 929. The number of rotatable bonds is 3. The smallest absolute Gasteiger partial charge is 0.338 e. The number of ether oxygens (including phenoxy) is 1. The van der Waals surface area contributed by atoms with E-state index in [0.717, 1.165) is 35.2 Å². The predicted molar refractivity (Wildman–Crippen MR) is 110 cm³/mol. The fourth-order valence-corrected chi connectivity index (χ4v) is 7.10. The number of hydrogen-bond acceptors (Lipinski definition) is 2. The Morgan fingerprint density at radius 3 is 2.18 bits per heavy atom. The summed E-state index contributed by atoms with van der Waals surface area (Å²) in [6, 6.07) is 18.1. The summed E-state index contributed by atoms with van der Waals surface area (Å²) in [6.45, 7) is 2.31. The molecule has 2 nitrogen and oxygen atoms in total. The molecule has 8 atom stereocenters. The van der Waals surface area contributed by atoms with Gasteiger partial charge in [-0.3, -0.25) is 0 Å². The van der Waals surface area contributed by atoms with Crippen LogP contribution >= 0.6 is 0 Å². The second kappa shape index (κ2) is 6.07. The molecule has 142 valence electrons. The van der Waals surface area contributed by atoms with E-state index in [-0.39, 0.29) is 12.1 Å². The molecule has 3 saturated carbocycles. The summed E-state index contributed by atoms with van der Waals surface area (Å²) in [7, 11) is 0. The summed E-state index contributed by atoms with van der Waals surface area (Å²) in [5.41, 5.74) is 2.96. The molecule has 0 aromatic heterocycles. The highest BCUT2D eigenvalue weighted by Crippen LogP contribution is 2.67. The van der Waals surface area contributed by atoms with Crippen LogP contribution in [0.1, 0.15) is 30.1 Å². The highest BCUT2D eigenvalue weighted by Gasteiger charge is 2.64. The number of allylic oxidation sites excluding steroid dienone is 2. The average Bonchev–Trinajstić information content (AvgIpc) is 3.49. The molecule has 0 amide bonds. The van der Waals surface area contributed by atoms with Gasteiger partial charge in [-0.15, -0.1) is 0 Å². The van der Waals surface area contributed by atoms with Crippen LogP contribution in [0.25, 0.3) is 11.1 Å². The van der Waals surface area contributed by atoms with Crippen molar-refractivity contribution in [2.45, 2.75) is 25.9 Å². The second-order valence-electron chi connectivity index (χ2n) is 9.34. The Balaban J connectivity index is 1.19. The van der Waals surface area contributed by atoms with Crippen LogP contribution in [0.5, 0.6) is 0 Å². The van der Waals surface area contributed by atoms with Gasteiger partial charge in [0, 0.05) is 5.92 Å². The van der Waals surface area contributed by atoms with E-state index >= 15 is 0 Å². The zero-order chi connectivity index (χ0) is 18.8. The SMILES string of the molecule is CC1C2CC(C1OC(=O)c1ccc(-c3ccccc3)cc1)C1C3C=CC(C3)C21. The lowest BCUT2D eigenvalue weighted by Gasteiger charge is -2.40. The van der Waals surface area contributed by atoms with E-state index in [2.05, 4.69) is 31.2 Å². The molecule has 0 radical (unpaired) electrons. The molecule has 3 fully saturated rings. The van der Waals surface area contributed by atoms with Crippen LogP contribution in [0.4, 0.5) is 0 Å². The Labute approximate surface area is 166 Å². The first-order valence-electron chi connectivity index (χ1n) is 10.8. The van der Waals surface area contributed by atoms with E-state index in [4.69, 9.17) is 4.74 Å². The van der Waals surface area contributed by atoms with Gasteiger partial charge in [0.1, 0.15) is 6.10 Å². The lowest BCUT2D eigenvalue weighted by molar-refractivity contribution is -0.0276. The van der Waals surface area contributed by atoms with Crippen molar-refractivity contribution < 1.29 is 9.53 Å². The molecule has 2 heteroatoms. The zero-order valence-corrected chi connectivity index (χ0v) is 16.2. The average molecular weight is 370 g/mol. The number of esters is 1. The second-order valence-corrected chi connectivity index (χ2v) is 9.34. The van der Waals surface area contributed by atoms with Crippen molar-refractivity contribution in [3.8, 4) is 11.1 Å². The minimum atomic E-state index is -0.153. The molecule has 0 saturated heterocycles. The molecule has 2 aromatic carbocycles. The Hall–Kier alpha value is -2.35. The summed E-state index contributed by atoms with van der Waals surface area (Å²) in [5.74, 6) is 4.81. The maximum atomic E-state index is 12.9. The van der Waals surface area contributed by atoms with Crippen LogP contribution in [-0.4, -0.2) is 12.1 Å². The van der Waals surface area contributed by atoms with Crippen LogP contribution in [0, 0.1) is 41.4 Å². The van der Waals surface area contributed by atoms with Crippen molar-refractivity contribution in [1.82, 2.24) is 0 Å². The molecule has 6 rings (SSSR count). The molecule has 0 spiro atoms. The third-order valence-electron chi connectivity index (χ3n) is 8.20. The molecule has 4 aliphatic carbocycles. The molecule has 0 aliphatic heterocycles. The van der Waals surface area contributed by atoms with Gasteiger partial charge in [0.25, 0.3) is 0 Å². The number of fused-ring (bicyclic) bond motifs is 9. The number of benzene rings is 2.